The fraction of sp³-hybridized carbons (Fsp3) is 0. The summed E-state index contributed by atoms with van der Waals surface area (Å²) >= 11 is 4.87. The highest BCUT2D eigenvalue weighted by Gasteiger charge is 1.66. The van der Waals surface area contributed by atoms with Crippen molar-refractivity contribution in [3.63, 3.8) is 0 Å². The van der Waals surface area contributed by atoms with Crippen LogP contribution < -0.4 is 0 Å². The molecule has 0 atom stereocenters. The predicted molar refractivity (Wildman–Crippen MR) is 20.1 cm³/mol. The largest absolute Gasteiger partial charge is 0.361 e. The Morgan fingerprint density at radius 3 is 2.40 bits per heavy atom. The van der Waals surface area contributed by atoms with Crippen molar-refractivity contribution in [1.82, 2.24) is 0 Å². The molecule has 0 saturated carbocycles. The zero-order valence-electron chi connectivity index (χ0n) is 2.43. The maximum atomic E-state index is 7.52. The molecule has 5 heavy (non-hydrogen) atoms. The van der Waals surface area contributed by atoms with Crippen LogP contribution in [-0.4, -0.2) is 0 Å². The molecule has 0 aromatic rings. The van der Waals surface area contributed by atoms with Gasteiger partial charge < -0.3 is 0 Å². The topological polar surface area (TPSA) is 28.1 Å². The molecule has 0 rings (SSSR count). The Morgan fingerprint density at radius 2 is 2.40 bits per heavy atom. The van der Waals surface area contributed by atoms with Crippen LogP contribution in [0.15, 0.2) is 11.7 Å². The minimum Gasteiger partial charge on any atom is -0.0849 e. The second kappa shape index (κ2) is 3.45. The van der Waals surface area contributed by atoms with Gasteiger partial charge >= 0.3 is 6.20 Å². The average Bonchev–Trinajstić information content (AvgIpc) is 1.41. The monoisotopic (exact) mass is 89.0 g/mol. The van der Waals surface area contributed by atoms with Crippen LogP contribution in [0.4, 0.5) is 0 Å². The quantitative estimate of drug-likeness (QED) is 0.414. The second-order valence-corrected chi connectivity index (χ2v) is 0.643. The molecule has 0 aliphatic heterocycles. The lowest BCUT2D eigenvalue weighted by Gasteiger charge is -1.30. The summed E-state index contributed by atoms with van der Waals surface area (Å²) in [6, 6.07) is 0. The molecule has 0 aliphatic carbocycles. The number of halogens is 1. The SMILES string of the molecule is N#[N+]/C=C/Cl. The van der Waals surface area contributed by atoms with Crippen LogP contribution in [-0.2, 0) is 0 Å². The molecular formula is C2H2ClN2+. The molecule has 0 aliphatic rings. The van der Waals surface area contributed by atoms with Crippen molar-refractivity contribution in [2.24, 2.45) is 0 Å². The third-order valence-corrected chi connectivity index (χ3v) is 0.236. The summed E-state index contributed by atoms with van der Waals surface area (Å²) in [7, 11) is 0. The van der Waals surface area contributed by atoms with E-state index in [0.29, 0.717) is 0 Å². The minimum atomic E-state index is 1.07. The van der Waals surface area contributed by atoms with E-state index in [1.807, 2.05) is 0 Å². The van der Waals surface area contributed by atoms with E-state index < -0.39 is 0 Å². The lowest BCUT2D eigenvalue weighted by Crippen LogP contribution is -1.23. The number of diazo groups is 1. The second-order valence-electron chi connectivity index (χ2n) is 0.391. The maximum absolute atomic E-state index is 7.52. The van der Waals surface area contributed by atoms with E-state index in [1.165, 1.54) is 0 Å². The van der Waals surface area contributed by atoms with Crippen LogP contribution in [0.5, 0.6) is 0 Å². The summed E-state index contributed by atoms with van der Waals surface area (Å²) < 4.78 is 0. The Labute approximate surface area is 34.7 Å². The Bertz CT molecular complexity index is 70.2. The molecule has 0 fully saturated rings. The lowest BCUT2D eigenvalue weighted by atomic mass is 11.1. The molecule has 0 N–H and O–H groups in total. The molecule has 0 heterocycles. The summed E-state index contributed by atoms with van der Waals surface area (Å²) in [5.74, 6) is 0. The molecule has 0 bridgehead atoms. The molecule has 0 saturated heterocycles. The first-order valence-corrected chi connectivity index (χ1v) is 1.45. The van der Waals surface area contributed by atoms with Gasteiger partial charge in [0.05, 0.1) is 5.54 Å². The van der Waals surface area contributed by atoms with Gasteiger partial charge in [0.1, 0.15) is 0 Å². The smallest absolute Gasteiger partial charge is 0.0849 e. The first-order chi connectivity index (χ1) is 2.41. The predicted octanol–water partition coefficient (Wildman–Crippen LogP) is 1.55. The normalized spacial score (nSPS) is 8.00. The summed E-state index contributed by atoms with van der Waals surface area (Å²) in [6.07, 6.45) is 1.07. The highest BCUT2D eigenvalue weighted by molar-refractivity contribution is 6.25. The van der Waals surface area contributed by atoms with Crippen LogP contribution in [0, 0.1) is 5.39 Å². The van der Waals surface area contributed by atoms with Gasteiger partial charge in [-0.1, -0.05) is 11.6 Å². The maximum Gasteiger partial charge on any atom is 0.361 e. The summed E-state index contributed by atoms with van der Waals surface area (Å²) in [5, 5.41) is 7.52. The summed E-state index contributed by atoms with van der Waals surface area (Å²) in [6.45, 7) is 0. The molecular weight excluding hydrogens is 87.5 g/mol. The Morgan fingerprint density at radius 1 is 1.80 bits per heavy atom. The van der Waals surface area contributed by atoms with Crippen molar-refractivity contribution in [2.75, 3.05) is 0 Å². The summed E-state index contributed by atoms with van der Waals surface area (Å²) in [4.78, 5) is 2.54. The minimum absolute atomic E-state index is 1.07. The van der Waals surface area contributed by atoms with Crippen molar-refractivity contribution in [3.05, 3.63) is 16.7 Å². The number of hydrogen-bond donors (Lipinski definition) is 0. The molecule has 0 unspecified atom stereocenters. The van der Waals surface area contributed by atoms with E-state index in [-0.39, 0.29) is 0 Å². The van der Waals surface area contributed by atoms with Crippen molar-refractivity contribution in [2.45, 2.75) is 0 Å². The highest BCUT2D eigenvalue weighted by atomic mass is 35.5. The first kappa shape index (κ1) is 4.45. The zero-order chi connectivity index (χ0) is 4.12. The molecule has 2 nitrogen and oxygen atoms in total. The first-order valence-electron chi connectivity index (χ1n) is 1.01. The van der Waals surface area contributed by atoms with E-state index in [0.717, 1.165) is 11.7 Å². The van der Waals surface area contributed by atoms with Crippen molar-refractivity contribution in [1.29, 1.82) is 5.39 Å². The fourth-order valence-electron chi connectivity index (χ4n) is 0.0252. The third-order valence-electron chi connectivity index (χ3n) is 0.123. The van der Waals surface area contributed by atoms with Gasteiger partial charge in [0, 0.05) is 0 Å². The molecule has 26 valence electrons. The van der Waals surface area contributed by atoms with Gasteiger partial charge in [-0.05, 0) is 0 Å². The van der Waals surface area contributed by atoms with Crippen LogP contribution in [0.3, 0.4) is 0 Å². The highest BCUT2D eigenvalue weighted by Crippen LogP contribution is 1.74. The average molecular weight is 89.5 g/mol. The Kier molecular flexibility index (Phi) is 3.07. The van der Waals surface area contributed by atoms with Crippen LogP contribution in [0.1, 0.15) is 0 Å². The molecule has 0 aromatic heterocycles. The molecule has 0 amide bonds. The van der Waals surface area contributed by atoms with Crippen molar-refractivity contribution >= 4 is 11.6 Å². The van der Waals surface area contributed by atoms with E-state index in [4.69, 9.17) is 17.0 Å². The number of nitrogens with zero attached hydrogens (tertiary/aromatic N) is 2. The van der Waals surface area contributed by atoms with Gasteiger partial charge in [0.2, 0.25) is 5.39 Å². The lowest BCUT2D eigenvalue weighted by molar-refractivity contribution is 1.47. The molecule has 3 heteroatoms. The van der Waals surface area contributed by atoms with Gasteiger partial charge in [0.25, 0.3) is 0 Å². The van der Waals surface area contributed by atoms with Crippen LogP contribution >= 0.6 is 11.6 Å². The molecule has 0 spiro atoms. The van der Waals surface area contributed by atoms with Crippen LogP contribution in [0.25, 0.3) is 4.98 Å². The van der Waals surface area contributed by atoms with Gasteiger partial charge in [-0.15, -0.1) is 0 Å². The molecule has 0 aromatic carbocycles. The van der Waals surface area contributed by atoms with Crippen molar-refractivity contribution in [3.8, 4) is 0 Å². The standard InChI is InChI=1S/C2H2ClN2/c3-1-2-5-4/h1-2H/q+1/b2-1+. The van der Waals surface area contributed by atoms with Gasteiger partial charge in [0.15, 0.2) is 4.98 Å². The number of rotatable bonds is 0. The van der Waals surface area contributed by atoms with E-state index in [9.17, 15) is 0 Å². The number of hydrogen-bond acceptors (Lipinski definition) is 1. The van der Waals surface area contributed by atoms with E-state index in [2.05, 4.69) is 4.98 Å². The summed E-state index contributed by atoms with van der Waals surface area (Å²) in [5.41, 5.74) is 1.11. The van der Waals surface area contributed by atoms with Gasteiger partial charge in [-0.3, -0.25) is 0 Å². The fourth-order valence-corrected chi connectivity index (χ4v) is 0.0756. The van der Waals surface area contributed by atoms with Gasteiger partial charge in [-0.25, -0.2) is 0 Å². The Balaban J connectivity index is 3.04. The molecule has 0 radical (unpaired) electrons. The van der Waals surface area contributed by atoms with Gasteiger partial charge in [-0.2, -0.15) is 0 Å². The van der Waals surface area contributed by atoms with Crippen molar-refractivity contribution < 1.29 is 0 Å². The zero-order valence-corrected chi connectivity index (χ0v) is 3.18. The van der Waals surface area contributed by atoms with E-state index >= 15 is 0 Å². The van der Waals surface area contributed by atoms with E-state index in [1.54, 1.807) is 0 Å². The van der Waals surface area contributed by atoms with Crippen LogP contribution in [0.2, 0.25) is 0 Å². The third kappa shape index (κ3) is 3.45. The Hall–Kier alpha value is -0.550.